The molecule has 33 heavy (non-hydrogen) atoms. The van der Waals surface area contributed by atoms with Gasteiger partial charge in [-0.15, -0.1) is 0 Å². The van der Waals surface area contributed by atoms with Crippen molar-refractivity contribution in [1.82, 2.24) is 14.9 Å². The standard InChI is InChI=1S/C25H29F2N5S/c26-22-5-4-6-23(27)21(22)16-28-24-20(18-9-14-33-17-18)15-29-25(30-24)32-12-7-19(8-13-32)31-10-2-1-3-11-31/h4-6,9,14-15,17,19H,1-3,7-8,10-13,16H2,(H,28,29,30). The second-order valence-corrected chi connectivity index (χ2v) is 9.59. The Bertz CT molecular complexity index is 1040. The zero-order chi connectivity index (χ0) is 22.6. The number of aromatic nitrogens is 2. The molecule has 5 rings (SSSR count). The highest BCUT2D eigenvalue weighted by molar-refractivity contribution is 7.08. The van der Waals surface area contributed by atoms with Gasteiger partial charge in [0.15, 0.2) is 0 Å². The fraction of sp³-hybridized carbons (Fsp3) is 0.440. The van der Waals surface area contributed by atoms with Crippen LogP contribution in [-0.4, -0.2) is 47.1 Å². The Labute approximate surface area is 197 Å². The average Bonchev–Trinajstić information content (AvgIpc) is 3.39. The summed E-state index contributed by atoms with van der Waals surface area (Å²) >= 11 is 1.59. The van der Waals surface area contributed by atoms with E-state index in [1.165, 1.54) is 50.6 Å². The van der Waals surface area contributed by atoms with Gasteiger partial charge in [-0.2, -0.15) is 16.3 Å². The molecular formula is C25H29F2N5S. The van der Waals surface area contributed by atoms with Crippen LogP contribution in [0.4, 0.5) is 20.5 Å². The number of anilines is 2. The molecule has 4 heterocycles. The molecule has 0 saturated carbocycles. The van der Waals surface area contributed by atoms with E-state index < -0.39 is 11.6 Å². The predicted octanol–water partition coefficient (Wildman–Crippen LogP) is 5.55. The fourth-order valence-corrected chi connectivity index (χ4v) is 5.53. The van der Waals surface area contributed by atoms with E-state index in [2.05, 4.69) is 20.1 Å². The van der Waals surface area contributed by atoms with Crippen molar-refractivity contribution in [3.63, 3.8) is 0 Å². The Balaban J connectivity index is 1.34. The minimum atomic E-state index is -0.561. The number of rotatable bonds is 6. The highest BCUT2D eigenvalue weighted by Crippen LogP contribution is 2.31. The molecule has 3 aromatic rings. The normalized spacial score (nSPS) is 17.9. The molecule has 0 radical (unpaired) electrons. The lowest BCUT2D eigenvalue weighted by atomic mass is 10.00. The van der Waals surface area contributed by atoms with Crippen molar-refractivity contribution >= 4 is 23.1 Å². The molecule has 2 fully saturated rings. The maximum Gasteiger partial charge on any atom is 0.227 e. The Hall–Kier alpha value is -2.58. The molecule has 174 valence electrons. The Kier molecular flexibility index (Phi) is 6.83. The number of piperidine rings is 2. The van der Waals surface area contributed by atoms with Gasteiger partial charge in [0, 0.05) is 43.0 Å². The molecule has 8 heteroatoms. The molecule has 0 spiro atoms. The molecule has 0 amide bonds. The van der Waals surface area contributed by atoms with Gasteiger partial charge in [-0.1, -0.05) is 12.5 Å². The molecule has 5 nitrogen and oxygen atoms in total. The van der Waals surface area contributed by atoms with Gasteiger partial charge in [-0.25, -0.2) is 13.8 Å². The van der Waals surface area contributed by atoms with Crippen LogP contribution in [-0.2, 0) is 6.54 Å². The monoisotopic (exact) mass is 469 g/mol. The number of likely N-dealkylation sites (tertiary alicyclic amines) is 1. The van der Waals surface area contributed by atoms with Crippen LogP contribution in [0.3, 0.4) is 0 Å². The van der Waals surface area contributed by atoms with E-state index in [1.807, 2.05) is 23.0 Å². The summed E-state index contributed by atoms with van der Waals surface area (Å²) in [6.07, 6.45) is 8.01. The fourth-order valence-electron chi connectivity index (χ4n) is 4.88. The van der Waals surface area contributed by atoms with E-state index in [0.717, 1.165) is 37.1 Å². The topological polar surface area (TPSA) is 44.3 Å². The second kappa shape index (κ2) is 10.1. The van der Waals surface area contributed by atoms with Gasteiger partial charge in [0.05, 0.1) is 0 Å². The van der Waals surface area contributed by atoms with Crippen LogP contribution in [0.25, 0.3) is 11.1 Å². The number of thiophene rings is 1. The zero-order valence-corrected chi connectivity index (χ0v) is 19.5. The lowest BCUT2D eigenvalue weighted by Crippen LogP contribution is -2.47. The smallest absolute Gasteiger partial charge is 0.227 e. The van der Waals surface area contributed by atoms with Crippen LogP contribution < -0.4 is 10.2 Å². The average molecular weight is 470 g/mol. The van der Waals surface area contributed by atoms with E-state index in [4.69, 9.17) is 4.98 Å². The molecule has 0 bridgehead atoms. The SMILES string of the molecule is Fc1cccc(F)c1CNc1nc(N2CCC(N3CCCCC3)CC2)ncc1-c1ccsc1. The molecule has 1 aromatic carbocycles. The number of hydrogen-bond acceptors (Lipinski definition) is 6. The van der Waals surface area contributed by atoms with Gasteiger partial charge in [0.25, 0.3) is 0 Å². The molecular weight excluding hydrogens is 440 g/mol. The number of halogens is 2. The third-order valence-corrected chi connectivity index (χ3v) is 7.44. The molecule has 0 atom stereocenters. The Morgan fingerprint density at radius 3 is 2.45 bits per heavy atom. The third kappa shape index (κ3) is 5.01. The highest BCUT2D eigenvalue weighted by Gasteiger charge is 2.27. The molecule has 2 saturated heterocycles. The first kappa shape index (κ1) is 22.2. The summed E-state index contributed by atoms with van der Waals surface area (Å²) in [7, 11) is 0. The van der Waals surface area contributed by atoms with E-state index in [9.17, 15) is 8.78 Å². The van der Waals surface area contributed by atoms with Gasteiger partial charge in [0.1, 0.15) is 17.5 Å². The van der Waals surface area contributed by atoms with Gasteiger partial charge in [-0.05, 0) is 73.3 Å². The summed E-state index contributed by atoms with van der Waals surface area (Å²) in [4.78, 5) is 14.4. The molecule has 2 aliphatic rings. The van der Waals surface area contributed by atoms with Crippen molar-refractivity contribution in [3.8, 4) is 11.1 Å². The van der Waals surface area contributed by atoms with Crippen LogP contribution in [0.5, 0.6) is 0 Å². The zero-order valence-electron chi connectivity index (χ0n) is 18.6. The predicted molar refractivity (Wildman–Crippen MR) is 130 cm³/mol. The summed E-state index contributed by atoms with van der Waals surface area (Å²) in [6, 6.07) is 6.58. The summed E-state index contributed by atoms with van der Waals surface area (Å²) < 4.78 is 28.3. The molecule has 2 aromatic heterocycles. The second-order valence-electron chi connectivity index (χ2n) is 8.81. The van der Waals surface area contributed by atoms with Crippen molar-refractivity contribution in [2.75, 3.05) is 36.4 Å². The van der Waals surface area contributed by atoms with Gasteiger partial charge in [-0.3, -0.25) is 0 Å². The molecule has 0 aliphatic carbocycles. The van der Waals surface area contributed by atoms with Crippen molar-refractivity contribution in [2.45, 2.75) is 44.7 Å². The summed E-state index contributed by atoms with van der Waals surface area (Å²) in [5, 5.41) is 7.20. The number of nitrogens with zero attached hydrogens (tertiary/aromatic N) is 4. The van der Waals surface area contributed by atoms with E-state index in [1.54, 1.807) is 11.3 Å². The van der Waals surface area contributed by atoms with Crippen molar-refractivity contribution in [3.05, 3.63) is 58.4 Å². The highest BCUT2D eigenvalue weighted by atomic mass is 32.1. The summed E-state index contributed by atoms with van der Waals surface area (Å²) in [5.41, 5.74) is 1.84. The van der Waals surface area contributed by atoms with Crippen molar-refractivity contribution < 1.29 is 8.78 Å². The minimum absolute atomic E-state index is 0.0104. The molecule has 1 N–H and O–H groups in total. The van der Waals surface area contributed by atoms with Crippen LogP contribution in [0.15, 0.2) is 41.2 Å². The van der Waals surface area contributed by atoms with E-state index in [0.29, 0.717) is 17.8 Å². The molecule has 0 unspecified atom stereocenters. The minimum Gasteiger partial charge on any atom is -0.365 e. The number of nitrogens with one attached hydrogen (secondary N) is 1. The first-order valence-electron chi connectivity index (χ1n) is 11.7. The summed E-state index contributed by atoms with van der Waals surface area (Å²) in [6.45, 7) is 4.29. The van der Waals surface area contributed by atoms with E-state index in [-0.39, 0.29) is 12.1 Å². The van der Waals surface area contributed by atoms with Gasteiger partial charge >= 0.3 is 0 Å². The lowest BCUT2D eigenvalue weighted by Gasteiger charge is -2.40. The third-order valence-electron chi connectivity index (χ3n) is 6.76. The van der Waals surface area contributed by atoms with Crippen molar-refractivity contribution in [2.24, 2.45) is 0 Å². The van der Waals surface area contributed by atoms with Gasteiger partial charge in [0.2, 0.25) is 5.95 Å². The molecule has 2 aliphatic heterocycles. The van der Waals surface area contributed by atoms with E-state index >= 15 is 0 Å². The number of hydrogen-bond donors (Lipinski definition) is 1. The van der Waals surface area contributed by atoms with Crippen LogP contribution in [0.2, 0.25) is 0 Å². The number of benzene rings is 1. The van der Waals surface area contributed by atoms with Crippen LogP contribution in [0.1, 0.15) is 37.7 Å². The quantitative estimate of drug-likeness (QED) is 0.513. The Morgan fingerprint density at radius 1 is 1.00 bits per heavy atom. The first-order chi connectivity index (χ1) is 16.2. The largest absolute Gasteiger partial charge is 0.365 e. The van der Waals surface area contributed by atoms with Gasteiger partial charge < -0.3 is 15.1 Å². The lowest BCUT2D eigenvalue weighted by molar-refractivity contribution is 0.141. The maximum atomic E-state index is 14.2. The van der Waals surface area contributed by atoms with Crippen molar-refractivity contribution in [1.29, 1.82) is 0 Å². The van der Waals surface area contributed by atoms with Crippen LogP contribution in [0, 0.1) is 11.6 Å². The first-order valence-corrected chi connectivity index (χ1v) is 12.7. The maximum absolute atomic E-state index is 14.2. The summed E-state index contributed by atoms with van der Waals surface area (Å²) in [5.74, 6) is 0.143. The van der Waals surface area contributed by atoms with Crippen LogP contribution >= 0.6 is 11.3 Å². The Morgan fingerprint density at radius 2 is 1.76 bits per heavy atom.